The number of rotatable bonds is 7. The largest absolute Gasteiger partial charge is 0.484 e. The Morgan fingerprint density at radius 2 is 1.96 bits per heavy atom. The van der Waals surface area contributed by atoms with Gasteiger partial charge in [-0.05, 0) is 40.7 Å². The highest BCUT2D eigenvalue weighted by atomic mass is 16.6. The molecule has 0 bridgehead atoms. The van der Waals surface area contributed by atoms with Crippen molar-refractivity contribution in [3.63, 3.8) is 0 Å². The van der Waals surface area contributed by atoms with Crippen LogP contribution in [0.25, 0.3) is 0 Å². The number of alkyl carbamates (subject to hydrolysis) is 1. The summed E-state index contributed by atoms with van der Waals surface area (Å²) in [5.41, 5.74) is 0.0438. The van der Waals surface area contributed by atoms with E-state index in [1.54, 1.807) is 46.8 Å². The first kappa shape index (κ1) is 19.5. The van der Waals surface area contributed by atoms with Gasteiger partial charge in [-0.3, -0.25) is 10.1 Å². The Morgan fingerprint density at radius 1 is 1.29 bits per heavy atom. The zero-order valence-electron chi connectivity index (χ0n) is 14.7. The smallest absolute Gasteiger partial charge is 0.407 e. The van der Waals surface area contributed by atoms with Crippen molar-refractivity contribution in [1.82, 2.24) is 5.32 Å². The third kappa shape index (κ3) is 7.17. The molecule has 0 aliphatic rings. The summed E-state index contributed by atoms with van der Waals surface area (Å²) in [6.45, 7) is 9.77. The Kier molecular flexibility index (Phi) is 6.82. The lowest BCUT2D eigenvalue weighted by Crippen LogP contribution is -2.34. The lowest BCUT2D eigenvalue weighted by molar-refractivity contribution is -0.386. The molecule has 0 spiro atoms. The standard InChI is InChI=1S/C16H25N3O5/c1-11(2)23-14-10-12(6-7-13(14)19(21)22)17-8-9-18-15(20)24-16(3,4)5/h6-7,10-11,17H,8-9H2,1-5H3,(H,18,20). The minimum Gasteiger partial charge on any atom is -0.484 e. The van der Waals surface area contributed by atoms with Gasteiger partial charge in [0.25, 0.3) is 0 Å². The van der Waals surface area contributed by atoms with E-state index < -0.39 is 16.6 Å². The molecule has 0 aromatic heterocycles. The maximum atomic E-state index is 11.5. The fourth-order valence-electron chi connectivity index (χ4n) is 1.81. The fraction of sp³-hybridized carbons (Fsp3) is 0.562. The van der Waals surface area contributed by atoms with Gasteiger partial charge in [-0.15, -0.1) is 0 Å². The number of nitrogens with zero attached hydrogens (tertiary/aromatic N) is 1. The monoisotopic (exact) mass is 339 g/mol. The van der Waals surface area contributed by atoms with Crippen molar-refractivity contribution >= 4 is 17.5 Å². The van der Waals surface area contributed by atoms with Crippen LogP contribution < -0.4 is 15.4 Å². The van der Waals surface area contributed by atoms with Gasteiger partial charge in [0.15, 0.2) is 5.75 Å². The van der Waals surface area contributed by atoms with Gasteiger partial charge in [-0.25, -0.2) is 4.79 Å². The van der Waals surface area contributed by atoms with Crippen LogP contribution in [0.2, 0.25) is 0 Å². The Morgan fingerprint density at radius 3 is 2.50 bits per heavy atom. The molecule has 0 atom stereocenters. The highest BCUT2D eigenvalue weighted by Gasteiger charge is 2.17. The summed E-state index contributed by atoms with van der Waals surface area (Å²) in [4.78, 5) is 22.0. The molecule has 0 unspecified atom stereocenters. The molecule has 1 rings (SSSR count). The predicted octanol–water partition coefficient (Wildman–Crippen LogP) is 3.32. The van der Waals surface area contributed by atoms with E-state index in [0.717, 1.165) is 0 Å². The molecule has 0 heterocycles. The highest BCUT2D eigenvalue weighted by Crippen LogP contribution is 2.30. The summed E-state index contributed by atoms with van der Waals surface area (Å²) in [7, 11) is 0. The number of nitrogens with one attached hydrogen (secondary N) is 2. The highest BCUT2D eigenvalue weighted by molar-refractivity contribution is 5.67. The van der Waals surface area contributed by atoms with E-state index in [1.165, 1.54) is 6.07 Å². The first-order valence-corrected chi connectivity index (χ1v) is 7.74. The minimum absolute atomic E-state index is 0.0823. The lowest BCUT2D eigenvalue weighted by Gasteiger charge is -2.19. The summed E-state index contributed by atoms with van der Waals surface area (Å²) >= 11 is 0. The van der Waals surface area contributed by atoms with E-state index in [4.69, 9.17) is 9.47 Å². The van der Waals surface area contributed by atoms with E-state index in [9.17, 15) is 14.9 Å². The van der Waals surface area contributed by atoms with Crippen LogP contribution in [0.5, 0.6) is 5.75 Å². The number of hydrogen-bond acceptors (Lipinski definition) is 6. The molecule has 0 aliphatic heterocycles. The van der Waals surface area contributed by atoms with Crippen LogP contribution in [0, 0.1) is 10.1 Å². The molecular weight excluding hydrogens is 314 g/mol. The molecule has 1 aromatic rings. The SMILES string of the molecule is CC(C)Oc1cc(NCCNC(=O)OC(C)(C)C)ccc1[N+](=O)[O-]. The molecule has 2 N–H and O–H groups in total. The maximum Gasteiger partial charge on any atom is 0.407 e. The quantitative estimate of drug-likeness (QED) is 0.449. The van der Waals surface area contributed by atoms with Crippen LogP contribution in [0.1, 0.15) is 34.6 Å². The molecular formula is C16H25N3O5. The Labute approximate surface area is 141 Å². The second-order valence-electron chi connectivity index (χ2n) is 6.46. The average Bonchev–Trinajstić information content (AvgIpc) is 2.41. The predicted molar refractivity (Wildman–Crippen MR) is 91.6 cm³/mol. The van der Waals surface area contributed by atoms with Crippen LogP contribution >= 0.6 is 0 Å². The van der Waals surface area contributed by atoms with Crippen LogP contribution in [0.15, 0.2) is 18.2 Å². The van der Waals surface area contributed by atoms with Gasteiger partial charge in [-0.1, -0.05) is 0 Å². The first-order valence-electron chi connectivity index (χ1n) is 7.74. The van der Waals surface area contributed by atoms with Crippen LogP contribution in [-0.4, -0.2) is 35.8 Å². The first-order chi connectivity index (χ1) is 11.1. The molecule has 1 aromatic carbocycles. The van der Waals surface area contributed by atoms with Gasteiger partial charge in [-0.2, -0.15) is 0 Å². The van der Waals surface area contributed by atoms with E-state index in [-0.39, 0.29) is 17.5 Å². The summed E-state index contributed by atoms with van der Waals surface area (Å²) in [5.74, 6) is 0.208. The average molecular weight is 339 g/mol. The lowest BCUT2D eigenvalue weighted by atomic mass is 10.2. The topological polar surface area (TPSA) is 103 Å². The van der Waals surface area contributed by atoms with Crippen molar-refractivity contribution in [3.8, 4) is 5.75 Å². The third-order valence-corrected chi connectivity index (χ3v) is 2.64. The molecule has 24 heavy (non-hydrogen) atoms. The zero-order chi connectivity index (χ0) is 18.3. The van der Waals surface area contributed by atoms with Crippen LogP contribution in [0.4, 0.5) is 16.2 Å². The molecule has 0 aliphatic carbocycles. The third-order valence-electron chi connectivity index (χ3n) is 2.64. The van der Waals surface area contributed by atoms with Gasteiger partial charge in [0.05, 0.1) is 11.0 Å². The van der Waals surface area contributed by atoms with Crippen LogP contribution in [-0.2, 0) is 4.74 Å². The molecule has 0 fully saturated rings. The summed E-state index contributed by atoms with van der Waals surface area (Å²) in [6.07, 6.45) is -0.662. The second kappa shape index (κ2) is 8.37. The molecule has 0 saturated heterocycles. The number of carbonyl (C=O) groups is 1. The van der Waals surface area contributed by atoms with Crippen molar-refractivity contribution in [3.05, 3.63) is 28.3 Å². The molecule has 8 heteroatoms. The van der Waals surface area contributed by atoms with Gasteiger partial charge >= 0.3 is 11.8 Å². The molecule has 0 saturated carbocycles. The number of hydrogen-bond donors (Lipinski definition) is 2. The number of carbonyl (C=O) groups excluding carboxylic acids is 1. The fourth-order valence-corrected chi connectivity index (χ4v) is 1.81. The molecule has 1 amide bonds. The van der Waals surface area contributed by atoms with E-state index in [2.05, 4.69) is 10.6 Å². The van der Waals surface area contributed by atoms with E-state index >= 15 is 0 Å². The summed E-state index contributed by atoms with van der Waals surface area (Å²) < 4.78 is 10.6. The van der Waals surface area contributed by atoms with Crippen molar-refractivity contribution in [2.24, 2.45) is 0 Å². The Hall–Kier alpha value is -2.51. The molecule has 8 nitrogen and oxygen atoms in total. The second-order valence-corrected chi connectivity index (χ2v) is 6.46. The van der Waals surface area contributed by atoms with Gasteiger partial charge in [0.1, 0.15) is 5.60 Å². The Bertz CT molecular complexity index is 582. The molecule has 134 valence electrons. The number of amides is 1. The van der Waals surface area contributed by atoms with Gasteiger partial charge < -0.3 is 20.1 Å². The maximum absolute atomic E-state index is 11.5. The minimum atomic E-state index is -0.543. The van der Waals surface area contributed by atoms with Crippen molar-refractivity contribution in [1.29, 1.82) is 0 Å². The normalized spacial score (nSPS) is 11.1. The zero-order valence-corrected chi connectivity index (χ0v) is 14.7. The Balaban J connectivity index is 2.56. The number of ether oxygens (including phenoxy) is 2. The van der Waals surface area contributed by atoms with Gasteiger partial charge in [0.2, 0.25) is 0 Å². The van der Waals surface area contributed by atoms with Gasteiger partial charge in [0, 0.05) is 30.9 Å². The number of nitro benzene ring substituents is 1. The van der Waals surface area contributed by atoms with Crippen LogP contribution in [0.3, 0.4) is 0 Å². The van der Waals surface area contributed by atoms with Crippen molar-refractivity contribution in [2.75, 3.05) is 18.4 Å². The number of nitro groups is 1. The van der Waals surface area contributed by atoms with Crippen molar-refractivity contribution < 1.29 is 19.2 Å². The number of benzene rings is 1. The van der Waals surface area contributed by atoms with E-state index in [1.807, 2.05) is 0 Å². The number of anilines is 1. The van der Waals surface area contributed by atoms with E-state index in [0.29, 0.717) is 18.8 Å². The van der Waals surface area contributed by atoms with Crippen molar-refractivity contribution in [2.45, 2.75) is 46.3 Å². The molecule has 0 radical (unpaired) electrons. The summed E-state index contributed by atoms with van der Waals surface area (Å²) in [5, 5.41) is 16.7. The summed E-state index contributed by atoms with van der Waals surface area (Å²) in [6, 6.07) is 4.56.